The highest BCUT2D eigenvalue weighted by Gasteiger charge is 2.18. The van der Waals surface area contributed by atoms with Gasteiger partial charge in [-0.25, -0.2) is 0 Å². The van der Waals surface area contributed by atoms with Gasteiger partial charge in [-0.15, -0.1) is 0 Å². The molecule has 2 aromatic carbocycles. The molecule has 8 heteroatoms. The number of hydrazine groups is 1. The molecule has 0 aliphatic heterocycles. The van der Waals surface area contributed by atoms with E-state index in [1.165, 1.54) is 14.2 Å². The van der Waals surface area contributed by atoms with Gasteiger partial charge in [0.25, 0.3) is 11.8 Å². The van der Waals surface area contributed by atoms with Crippen LogP contribution in [0.3, 0.4) is 0 Å². The fourth-order valence-corrected chi connectivity index (χ4v) is 2.55. The van der Waals surface area contributed by atoms with Crippen LogP contribution in [0.25, 0.3) is 0 Å². The zero-order valence-electron chi connectivity index (χ0n) is 17.2. The molecule has 0 saturated carbocycles. The second-order valence-corrected chi connectivity index (χ2v) is 6.11. The Labute approximate surface area is 170 Å². The molecule has 0 saturated heterocycles. The maximum atomic E-state index is 12.4. The van der Waals surface area contributed by atoms with Gasteiger partial charge in [0.2, 0.25) is 0 Å². The SMILES string of the molecule is CCOc1ccc(OC(C)C(=O)NNC(=O)c2cc(OC)c(C)c(OC)c2)cc1. The molecule has 1 unspecified atom stereocenters. The Bertz CT molecular complexity index is 826. The molecule has 0 bridgehead atoms. The smallest absolute Gasteiger partial charge is 0.279 e. The van der Waals surface area contributed by atoms with Crippen LogP contribution in [0.4, 0.5) is 0 Å². The number of benzene rings is 2. The quantitative estimate of drug-likeness (QED) is 0.659. The van der Waals surface area contributed by atoms with Crippen LogP contribution in [-0.2, 0) is 4.79 Å². The van der Waals surface area contributed by atoms with Gasteiger partial charge in [0.1, 0.15) is 23.0 Å². The van der Waals surface area contributed by atoms with Gasteiger partial charge in [-0.2, -0.15) is 0 Å². The van der Waals surface area contributed by atoms with Crippen molar-refractivity contribution >= 4 is 11.8 Å². The van der Waals surface area contributed by atoms with E-state index in [0.29, 0.717) is 29.6 Å². The normalized spacial score (nSPS) is 11.2. The van der Waals surface area contributed by atoms with Crippen molar-refractivity contribution in [1.29, 1.82) is 0 Å². The van der Waals surface area contributed by atoms with Gasteiger partial charge in [-0.1, -0.05) is 0 Å². The average molecular weight is 402 g/mol. The van der Waals surface area contributed by atoms with Crippen LogP contribution in [0.2, 0.25) is 0 Å². The standard InChI is InChI=1S/C21H26N2O6/c1-6-28-16-7-9-17(10-8-16)29-14(3)20(24)22-23-21(25)15-11-18(26-4)13(2)19(12-15)27-5/h7-12,14H,6H2,1-5H3,(H,22,24)(H,23,25). The zero-order chi connectivity index (χ0) is 21.4. The first-order valence-corrected chi connectivity index (χ1v) is 9.11. The molecule has 8 nitrogen and oxygen atoms in total. The molecule has 29 heavy (non-hydrogen) atoms. The average Bonchev–Trinajstić information content (AvgIpc) is 2.73. The van der Waals surface area contributed by atoms with E-state index in [2.05, 4.69) is 10.9 Å². The Morgan fingerprint density at radius 1 is 0.966 bits per heavy atom. The van der Waals surface area contributed by atoms with Gasteiger partial charge >= 0.3 is 0 Å². The molecule has 0 aliphatic carbocycles. The number of methoxy groups -OCH3 is 2. The van der Waals surface area contributed by atoms with Crippen molar-refractivity contribution < 1.29 is 28.5 Å². The lowest BCUT2D eigenvalue weighted by molar-refractivity contribution is -0.128. The number of rotatable bonds is 8. The molecule has 156 valence electrons. The Morgan fingerprint density at radius 2 is 1.52 bits per heavy atom. The van der Waals surface area contributed by atoms with Gasteiger partial charge in [-0.05, 0) is 57.2 Å². The van der Waals surface area contributed by atoms with Gasteiger partial charge in [0.15, 0.2) is 6.10 Å². The van der Waals surface area contributed by atoms with E-state index < -0.39 is 17.9 Å². The number of hydrogen-bond donors (Lipinski definition) is 2. The van der Waals surface area contributed by atoms with Gasteiger partial charge in [0, 0.05) is 11.1 Å². The maximum absolute atomic E-state index is 12.4. The Kier molecular flexibility index (Phi) is 7.70. The summed E-state index contributed by atoms with van der Waals surface area (Å²) in [6.07, 6.45) is -0.824. The Balaban J connectivity index is 1.94. The first kappa shape index (κ1) is 21.9. The van der Waals surface area contributed by atoms with Crippen LogP contribution < -0.4 is 29.8 Å². The van der Waals surface area contributed by atoms with Crippen LogP contribution in [-0.4, -0.2) is 38.7 Å². The molecule has 1 atom stereocenters. The number of amides is 2. The lowest BCUT2D eigenvalue weighted by Gasteiger charge is -2.16. The monoisotopic (exact) mass is 402 g/mol. The minimum Gasteiger partial charge on any atom is -0.496 e. The molecule has 2 aromatic rings. The number of hydrogen-bond acceptors (Lipinski definition) is 6. The zero-order valence-corrected chi connectivity index (χ0v) is 17.2. The number of carbonyl (C=O) groups is 2. The second kappa shape index (κ2) is 10.2. The van der Waals surface area contributed by atoms with Crippen LogP contribution >= 0.6 is 0 Å². The molecule has 2 N–H and O–H groups in total. The number of carbonyl (C=O) groups excluding carboxylic acids is 2. The van der Waals surface area contributed by atoms with E-state index >= 15 is 0 Å². The highest BCUT2D eigenvalue weighted by atomic mass is 16.5. The van der Waals surface area contributed by atoms with E-state index in [4.69, 9.17) is 18.9 Å². The fourth-order valence-electron chi connectivity index (χ4n) is 2.55. The summed E-state index contributed by atoms with van der Waals surface area (Å²) in [4.78, 5) is 24.6. The van der Waals surface area contributed by atoms with Gasteiger partial charge < -0.3 is 18.9 Å². The third-order valence-electron chi connectivity index (χ3n) is 4.13. The van der Waals surface area contributed by atoms with Gasteiger partial charge in [0.05, 0.1) is 20.8 Å². The Morgan fingerprint density at radius 3 is 2.03 bits per heavy atom. The maximum Gasteiger partial charge on any atom is 0.279 e. The molecule has 0 aromatic heterocycles. The summed E-state index contributed by atoms with van der Waals surface area (Å²) in [7, 11) is 3.01. The first-order valence-electron chi connectivity index (χ1n) is 9.11. The van der Waals surface area contributed by atoms with E-state index in [9.17, 15) is 9.59 Å². The highest BCUT2D eigenvalue weighted by molar-refractivity contribution is 5.96. The lowest BCUT2D eigenvalue weighted by Crippen LogP contribution is -2.47. The molecule has 0 aliphatic rings. The lowest BCUT2D eigenvalue weighted by atomic mass is 10.1. The largest absolute Gasteiger partial charge is 0.496 e. The van der Waals surface area contributed by atoms with Crippen LogP contribution in [0.5, 0.6) is 23.0 Å². The third-order valence-corrected chi connectivity index (χ3v) is 4.13. The van der Waals surface area contributed by atoms with Crippen LogP contribution in [0.1, 0.15) is 29.8 Å². The van der Waals surface area contributed by atoms with Crippen molar-refractivity contribution in [3.05, 3.63) is 47.5 Å². The molecular weight excluding hydrogens is 376 g/mol. The molecule has 0 radical (unpaired) electrons. The summed E-state index contributed by atoms with van der Waals surface area (Å²) in [5.74, 6) is 1.23. The molecule has 2 amide bonds. The van der Waals surface area contributed by atoms with E-state index in [1.54, 1.807) is 43.3 Å². The minimum atomic E-state index is -0.824. The number of nitrogens with one attached hydrogen (secondary N) is 2. The fraction of sp³-hybridized carbons (Fsp3) is 0.333. The molecule has 2 rings (SSSR count). The van der Waals surface area contributed by atoms with Crippen LogP contribution in [0, 0.1) is 6.92 Å². The third kappa shape index (κ3) is 5.78. The van der Waals surface area contributed by atoms with Gasteiger partial charge in [-0.3, -0.25) is 20.4 Å². The van der Waals surface area contributed by atoms with Crippen molar-refractivity contribution in [2.45, 2.75) is 26.9 Å². The van der Waals surface area contributed by atoms with Crippen molar-refractivity contribution in [1.82, 2.24) is 10.9 Å². The van der Waals surface area contributed by atoms with E-state index in [-0.39, 0.29) is 5.56 Å². The first-order chi connectivity index (χ1) is 13.9. The summed E-state index contributed by atoms with van der Waals surface area (Å²) >= 11 is 0. The van der Waals surface area contributed by atoms with Crippen LogP contribution in [0.15, 0.2) is 36.4 Å². The molecule has 0 fully saturated rings. The number of ether oxygens (including phenoxy) is 4. The minimum absolute atomic E-state index is 0.282. The summed E-state index contributed by atoms with van der Waals surface area (Å²) < 4.78 is 21.4. The summed E-state index contributed by atoms with van der Waals surface area (Å²) in [6.45, 7) is 5.86. The topological polar surface area (TPSA) is 95.1 Å². The molecule has 0 heterocycles. The summed E-state index contributed by atoms with van der Waals surface area (Å²) in [5.41, 5.74) is 5.77. The van der Waals surface area contributed by atoms with E-state index in [1.807, 2.05) is 13.8 Å². The van der Waals surface area contributed by atoms with Crippen molar-refractivity contribution in [2.75, 3.05) is 20.8 Å². The highest BCUT2D eigenvalue weighted by Crippen LogP contribution is 2.29. The van der Waals surface area contributed by atoms with Crippen molar-refractivity contribution in [3.8, 4) is 23.0 Å². The Hall–Kier alpha value is -3.42. The predicted octanol–water partition coefficient (Wildman–Crippen LogP) is 2.64. The van der Waals surface area contributed by atoms with Crippen molar-refractivity contribution in [2.24, 2.45) is 0 Å². The summed E-state index contributed by atoms with van der Waals surface area (Å²) in [5, 5.41) is 0. The summed E-state index contributed by atoms with van der Waals surface area (Å²) in [6, 6.07) is 10.1. The van der Waals surface area contributed by atoms with E-state index in [0.717, 1.165) is 5.56 Å². The molecule has 0 spiro atoms. The predicted molar refractivity (Wildman–Crippen MR) is 108 cm³/mol. The second-order valence-electron chi connectivity index (χ2n) is 6.11. The van der Waals surface area contributed by atoms with Crippen molar-refractivity contribution in [3.63, 3.8) is 0 Å². The molecular formula is C21H26N2O6.